The molecule has 0 atom stereocenters. The van der Waals surface area contributed by atoms with Crippen molar-refractivity contribution in [3.63, 3.8) is 0 Å². The van der Waals surface area contributed by atoms with Crippen molar-refractivity contribution in [3.8, 4) is 12.3 Å². The van der Waals surface area contributed by atoms with Gasteiger partial charge in [0, 0.05) is 37.7 Å². The third kappa shape index (κ3) is 3.28. The Morgan fingerprint density at radius 3 is 2.88 bits per heavy atom. The van der Waals surface area contributed by atoms with Crippen LogP contribution in [0.15, 0.2) is 24.4 Å². The van der Waals surface area contributed by atoms with Gasteiger partial charge in [-0.1, -0.05) is 6.58 Å². The van der Waals surface area contributed by atoms with Gasteiger partial charge in [-0.3, -0.25) is 9.59 Å². The van der Waals surface area contributed by atoms with Gasteiger partial charge in [0.2, 0.25) is 5.91 Å². The first kappa shape index (κ1) is 12.1. The number of nitrogens with one attached hydrogen (secondary N) is 1. The Morgan fingerprint density at radius 2 is 2.31 bits per heavy atom. The Kier molecular flexibility index (Phi) is 4.34. The number of rotatable bonds is 5. The van der Waals surface area contributed by atoms with E-state index in [4.69, 9.17) is 6.42 Å². The van der Waals surface area contributed by atoms with E-state index in [2.05, 4.69) is 17.8 Å². The molecule has 2 amide bonds. The van der Waals surface area contributed by atoms with Crippen LogP contribution in [0.1, 0.15) is 12.8 Å². The van der Waals surface area contributed by atoms with Crippen LogP contribution in [0.3, 0.4) is 0 Å². The molecular formula is C12H14N2O2. The first-order valence-corrected chi connectivity index (χ1v) is 5.04. The lowest BCUT2D eigenvalue weighted by Gasteiger charge is -2.16. The highest BCUT2D eigenvalue weighted by Gasteiger charge is 2.18. The topological polar surface area (TPSA) is 49.4 Å². The van der Waals surface area contributed by atoms with Crippen molar-refractivity contribution in [2.75, 3.05) is 13.1 Å². The highest BCUT2D eigenvalue weighted by molar-refractivity contribution is 5.93. The quantitative estimate of drug-likeness (QED) is 0.537. The Bertz CT molecular complexity index is 359. The van der Waals surface area contributed by atoms with Crippen molar-refractivity contribution in [2.24, 2.45) is 0 Å². The molecule has 1 N–H and O–H groups in total. The van der Waals surface area contributed by atoms with E-state index in [0.29, 0.717) is 25.2 Å². The number of nitrogens with zero attached hydrogens (tertiary/aromatic N) is 1. The summed E-state index contributed by atoms with van der Waals surface area (Å²) < 4.78 is 0. The maximum absolute atomic E-state index is 11.3. The van der Waals surface area contributed by atoms with E-state index in [9.17, 15) is 9.59 Å². The van der Waals surface area contributed by atoms with Gasteiger partial charge >= 0.3 is 0 Å². The molecule has 1 aliphatic rings. The molecule has 0 radical (unpaired) electrons. The van der Waals surface area contributed by atoms with Gasteiger partial charge in [-0.15, -0.1) is 12.3 Å². The van der Waals surface area contributed by atoms with Crippen molar-refractivity contribution in [1.29, 1.82) is 0 Å². The largest absolute Gasteiger partial charge is 0.355 e. The second-order valence-electron chi connectivity index (χ2n) is 3.37. The maximum atomic E-state index is 11.3. The number of amides is 2. The maximum Gasteiger partial charge on any atom is 0.251 e. The number of allylic oxidation sites excluding steroid dienone is 1. The summed E-state index contributed by atoms with van der Waals surface area (Å²) in [5.74, 6) is 2.20. The normalized spacial score (nSPS) is 14.1. The van der Waals surface area contributed by atoms with Gasteiger partial charge in [-0.05, 0) is 6.08 Å². The van der Waals surface area contributed by atoms with Gasteiger partial charge in [-0.25, -0.2) is 0 Å². The second-order valence-corrected chi connectivity index (χ2v) is 3.37. The van der Waals surface area contributed by atoms with E-state index in [0.717, 1.165) is 0 Å². The van der Waals surface area contributed by atoms with Crippen LogP contribution in [-0.4, -0.2) is 29.8 Å². The minimum absolute atomic E-state index is 0.109. The summed E-state index contributed by atoms with van der Waals surface area (Å²) >= 11 is 0. The van der Waals surface area contributed by atoms with E-state index < -0.39 is 0 Å². The van der Waals surface area contributed by atoms with E-state index in [1.165, 1.54) is 11.0 Å². The minimum Gasteiger partial charge on any atom is -0.355 e. The number of terminal acetylenes is 1. The van der Waals surface area contributed by atoms with Crippen LogP contribution in [0.2, 0.25) is 0 Å². The Hall–Kier alpha value is -2.02. The molecule has 4 nitrogen and oxygen atoms in total. The molecule has 0 bridgehead atoms. The summed E-state index contributed by atoms with van der Waals surface area (Å²) in [7, 11) is 0. The first-order chi connectivity index (χ1) is 7.65. The van der Waals surface area contributed by atoms with Crippen LogP contribution in [0.25, 0.3) is 0 Å². The van der Waals surface area contributed by atoms with Gasteiger partial charge in [0.1, 0.15) is 0 Å². The van der Waals surface area contributed by atoms with Crippen molar-refractivity contribution in [1.82, 2.24) is 10.2 Å². The average Bonchev–Trinajstić information content (AvgIpc) is 2.57. The molecule has 0 fully saturated rings. The van der Waals surface area contributed by atoms with Crippen molar-refractivity contribution >= 4 is 11.8 Å². The summed E-state index contributed by atoms with van der Waals surface area (Å²) in [4.78, 5) is 24.1. The molecule has 0 saturated carbocycles. The van der Waals surface area contributed by atoms with Crippen LogP contribution >= 0.6 is 0 Å². The summed E-state index contributed by atoms with van der Waals surface area (Å²) in [6, 6.07) is 0. The third-order valence-corrected chi connectivity index (χ3v) is 2.19. The molecule has 0 saturated heterocycles. The highest BCUT2D eigenvalue weighted by Crippen LogP contribution is 2.12. The lowest BCUT2D eigenvalue weighted by Crippen LogP contribution is -2.31. The monoisotopic (exact) mass is 218 g/mol. The number of hydrogen-bond acceptors (Lipinski definition) is 2. The minimum atomic E-state index is -0.124. The molecular weight excluding hydrogens is 204 g/mol. The third-order valence-electron chi connectivity index (χ3n) is 2.19. The fourth-order valence-electron chi connectivity index (χ4n) is 1.32. The predicted octanol–water partition coefficient (Wildman–Crippen LogP) is 0.428. The van der Waals surface area contributed by atoms with Crippen molar-refractivity contribution in [2.45, 2.75) is 12.8 Å². The Labute approximate surface area is 95.0 Å². The summed E-state index contributed by atoms with van der Waals surface area (Å²) in [6.45, 7) is 4.53. The van der Waals surface area contributed by atoms with E-state index in [-0.39, 0.29) is 18.2 Å². The van der Waals surface area contributed by atoms with Gasteiger partial charge < -0.3 is 10.2 Å². The van der Waals surface area contributed by atoms with Crippen LogP contribution in [0, 0.1) is 12.3 Å². The smallest absolute Gasteiger partial charge is 0.251 e. The average molecular weight is 218 g/mol. The van der Waals surface area contributed by atoms with E-state index in [1.807, 2.05) is 0 Å². The van der Waals surface area contributed by atoms with Gasteiger partial charge in [0.25, 0.3) is 5.91 Å². The first-order valence-electron chi connectivity index (χ1n) is 5.04. The van der Waals surface area contributed by atoms with Gasteiger partial charge in [-0.2, -0.15) is 0 Å². The fourth-order valence-corrected chi connectivity index (χ4v) is 1.32. The standard InChI is InChI=1S/C12H14N2O2/c1-3-4-8-13-11(15)7-9-14-10(2)5-6-12(14)16/h1,5-6H,2,4,7-9H2,(H,13,15). The zero-order valence-corrected chi connectivity index (χ0v) is 9.03. The van der Waals surface area contributed by atoms with Crippen LogP contribution in [-0.2, 0) is 9.59 Å². The Morgan fingerprint density at radius 1 is 1.56 bits per heavy atom. The molecule has 1 rings (SSSR count). The van der Waals surface area contributed by atoms with Crippen LogP contribution in [0.5, 0.6) is 0 Å². The van der Waals surface area contributed by atoms with Crippen molar-refractivity contribution in [3.05, 3.63) is 24.4 Å². The van der Waals surface area contributed by atoms with Crippen LogP contribution < -0.4 is 5.32 Å². The van der Waals surface area contributed by atoms with Crippen LogP contribution in [0.4, 0.5) is 0 Å². The fraction of sp³-hybridized carbons (Fsp3) is 0.333. The number of carbonyl (C=O) groups excluding carboxylic acids is 2. The second kappa shape index (κ2) is 5.76. The Balaban J connectivity index is 2.25. The molecule has 0 aromatic heterocycles. The number of carbonyl (C=O) groups is 2. The lowest BCUT2D eigenvalue weighted by atomic mass is 10.3. The number of hydrogen-bond donors (Lipinski definition) is 1. The molecule has 0 aliphatic carbocycles. The molecule has 0 unspecified atom stereocenters. The molecule has 4 heteroatoms. The van der Waals surface area contributed by atoms with Gasteiger partial charge in [0.15, 0.2) is 0 Å². The molecule has 16 heavy (non-hydrogen) atoms. The van der Waals surface area contributed by atoms with E-state index in [1.54, 1.807) is 6.08 Å². The summed E-state index contributed by atoms with van der Waals surface area (Å²) in [5.41, 5.74) is 0.626. The lowest BCUT2D eigenvalue weighted by molar-refractivity contribution is -0.124. The molecule has 0 spiro atoms. The van der Waals surface area contributed by atoms with Gasteiger partial charge in [0.05, 0.1) is 0 Å². The zero-order chi connectivity index (χ0) is 12.0. The van der Waals surface area contributed by atoms with Crippen molar-refractivity contribution < 1.29 is 9.59 Å². The zero-order valence-electron chi connectivity index (χ0n) is 9.03. The molecule has 84 valence electrons. The molecule has 0 aromatic carbocycles. The molecule has 1 aliphatic heterocycles. The SMILES string of the molecule is C#CCCNC(=O)CCN1C(=C)C=CC1=O. The summed E-state index contributed by atoms with van der Waals surface area (Å²) in [6.07, 6.45) is 8.91. The van der Waals surface area contributed by atoms with E-state index >= 15 is 0 Å². The summed E-state index contributed by atoms with van der Waals surface area (Å²) in [5, 5.41) is 2.67. The highest BCUT2D eigenvalue weighted by atomic mass is 16.2. The molecule has 1 heterocycles. The molecule has 0 aromatic rings. The predicted molar refractivity (Wildman–Crippen MR) is 61.1 cm³/mol.